The Morgan fingerprint density at radius 3 is 1.86 bits per heavy atom. The minimum atomic E-state index is -3.28. The second kappa shape index (κ2) is 3.45. The van der Waals surface area contributed by atoms with E-state index < -0.39 is 16.7 Å². The van der Waals surface area contributed by atoms with Crippen LogP contribution in [-0.4, -0.2) is 6.29 Å². The Balaban J connectivity index is 3.34. The van der Waals surface area contributed by atoms with Crippen molar-refractivity contribution in [3.63, 3.8) is 0 Å². The maximum atomic E-state index is 9.49. The normalized spacial score (nSPS) is 11.3. The van der Waals surface area contributed by atoms with Crippen molar-refractivity contribution in [1.29, 1.82) is 0 Å². The Bertz CT molecular complexity index is 67.8. The van der Waals surface area contributed by atoms with E-state index in [9.17, 15) is 4.79 Å². The zero-order valence-corrected chi connectivity index (χ0v) is 7.98. The Kier molecular flexibility index (Phi) is 4.15. The number of carbonyl (C=O) groups excluding carboxylic acids is 1. The van der Waals surface area contributed by atoms with Crippen LogP contribution in [0.15, 0.2) is 0 Å². The molecule has 0 aromatic heterocycles. The van der Waals surface area contributed by atoms with Crippen LogP contribution in [0.25, 0.3) is 0 Å². The third-order valence-corrected chi connectivity index (χ3v) is 3.98. The first-order valence-electron chi connectivity index (χ1n) is 1.48. The number of rotatable bonds is 2. The molecule has 0 heterocycles. The van der Waals surface area contributed by atoms with E-state index in [2.05, 4.69) is 0 Å². The van der Waals surface area contributed by atoms with Crippen LogP contribution in [0, 0.1) is 0 Å². The van der Waals surface area contributed by atoms with Crippen molar-refractivity contribution in [2.45, 2.75) is 4.13 Å². The average Bonchev–Trinajstić information content (AvgIpc) is 1.30. The molecule has 7 heavy (non-hydrogen) atoms. The first kappa shape index (κ1) is 8.42. The second-order valence-electron chi connectivity index (χ2n) is 0.936. The topological polar surface area (TPSA) is 17.1 Å². The fraction of sp³-hybridized carbons (Fsp3) is 0.500. The van der Waals surface area contributed by atoms with Gasteiger partial charge in [-0.25, -0.2) is 0 Å². The van der Waals surface area contributed by atoms with E-state index in [0.29, 0.717) is 0 Å². The molecule has 0 aliphatic heterocycles. The molecule has 0 aromatic rings. The SMILES string of the molecule is O=[C][CH2][Zr]([Cl])([Cl])[Cl]. The average molecular weight is 240 g/mol. The van der Waals surface area contributed by atoms with Gasteiger partial charge in [-0.1, -0.05) is 0 Å². The van der Waals surface area contributed by atoms with Crippen LogP contribution in [-0.2, 0) is 21.5 Å². The van der Waals surface area contributed by atoms with Crippen molar-refractivity contribution in [3.8, 4) is 0 Å². The molecule has 1 nitrogen and oxygen atoms in total. The molecule has 0 rings (SSSR count). The summed E-state index contributed by atoms with van der Waals surface area (Å²) in [6, 6.07) is 0. The summed E-state index contributed by atoms with van der Waals surface area (Å²) in [5.74, 6) is 0. The molecule has 0 saturated heterocycles. The molecule has 41 valence electrons. The molecule has 1 radical (unpaired) electrons. The van der Waals surface area contributed by atoms with Gasteiger partial charge in [0.1, 0.15) is 0 Å². The molecule has 0 amide bonds. The molecule has 0 N–H and O–H groups in total. The zero-order chi connectivity index (χ0) is 5.91. The molecular formula is C2H2Cl3OZr. The molecule has 0 saturated carbocycles. The van der Waals surface area contributed by atoms with Gasteiger partial charge in [0.05, 0.1) is 0 Å². The third kappa shape index (κ3) is 7.42. The first-order valence-corrected chi connectivity index (χ1v) is 12.7. The monoisotopic (exact) mass is 237 g/mol. The van der Waals surface area contributed by atoms with Gasteiger partial charge in [-0.3, -0.25) is 0 Å². The number of hydrogen-bond acceptors (Lipinski definition) is 1. The van der Waals surface area contributed by atoms with E-state index in [4.69, 9.17) is 25.5 Å². The summed E-state index contributed by atoms with van der Waals surface area (Å²) in [5, 5.41) is 0. The molecule has 0 fully saturated rings. The van der Waals surface area contributed by atoms with Gasteiger partial charge in [-0.2, -0.15) is 0 Å². The summed E-state index contributed by atoms with van der Waals surface area (Å²) < 4.78 is 0.0410. The van der Waals surface area contributed by atoms with Crippen LogP contribution >= 0.6 is 25.5 Å². The minimum absolute atomic E-state index is 0.0410. The fourth-order valence-electron chi connectivity index (χ4n) is 0.0818. The third-order valence-electron chi connectivity index (χ3n) is 0.273. The molecule has 0 aliphatic rings. The molecule has 0 aliphatic carbocycles. The van der Waals surface area contributed by atoms with E-state index >= 15 is 0 Å². The first-order chi connectivity index (χ1) is 3.06. The van der Waals surface area contributed by atoms with Crippen molar-refractivity contribution in [1.82, 2.24) is 0 Å². The van der Waals surface area contributed by atoms with Crippen molar-refractivity contribution in [2.75, 3.05) is 0 Å². The van der Waals surface area contributed by atoms with Crippen LogP contribution in [0.5, 0.6) is 0 Å². The van der Waals surface area contributed by atoms with Crippen LogP contribution < -0.4 is 0 Å². The van der Waals surface area contributed by atoms with Gasteiger partial charge in [0.15, 0.2) is 0 Å². The molecular weight excluding hydrogens is 238 g/mol. The predicted octanol–water partition coefficient (Wildman–Crippen LogP) is 2.13. The summed E-state index contributed by atoms with van der Waals surface area (Å²) >= 11 is -3.28. The van der Waals surface area contributed by atoms with Crippen molar-refractivity contribution >= 4 is 31.8 Å². The van der Waals surface area contributed by atoms with E-state index in [0.717, 1.165) is 0 Å². The maximum absolute atomic E-state index is 9.49. The van der Waals surface area contributed by atoms with Gasteiger partial charge in [-0.05, 0) is 0 Å². The van der Waals surface area contributed by atoms with Crippen molar-refractivity contribution in [3.05, 3.63) is 0 Å². The van der Waals surface area contributed by atoms with Crippen molar-refractivity contribution in [2.24, 2.45) is 0 Å². The quantitative estimate of drug-likeness (QED) is 0.722. The van der Waals surface area contributed by atoms with Crippen LogP contribution in [0.1, 0.15) is 0 Å². The van der Waals surface area contributed by atoms with Crippen molar-refractivity contribution < 1.29 is 21.5 Å². The van der Waals surface area contributed by atoms with E-state index in [1.165, 1.54) is 0 Å². The van der Waals surface area contributed by atoms with Crippen LogP contribution in [0.2, 0.25) is 4.13 Å². The van der Waals surface area contributed by atoms with E-state index in [1.807, 2.05) is 0 Å². The summed E-state index contributed by atoms with van der Waals surface area (Å²) in [5.41, 5.74) is 0. The van der Waals surface area contributed by atoms with Gasteiger partial charge < -0.3 is 0 Å². The van der Waals surface area contributed by atoms with Gasteiger partial charge in [-0.15, -0.1) is 0 Å². The molecule has 0 spiro atoms. The van der Waals surface area contributed by atoms with E-state index in [-0.39, 0.29) is 4.13 Å². The number of halogens is 3. The summed E-state index contributed by atoms with van der Waals surface area (Å²) in [6.45, 7) is 0. The number of hydrogen-bond donors (Lipinski definition) is 0. The molecule has 0 bridgehead atoms. The molecule has 0 aromatic carbocycles. The zero-order valence-electron chi connectivity index (χ0n) is 3.25. The standard InChI is InChI=1S/C2H2O.3ClH.Zr/c1-2-3;;;;/h1H2;3*1H;/q;;;;+3/p-3. The molecule has 0 atom stereocenters. The van der Waals surface area contributed by atoms with E-state index in [1.54, 1.807) is 6.29 Å². The Hall–Kier alpha value is 1.42. The predicted molar refractivity (Wildman–Crippen MR) is 28.1 cm³/mol. The Morgan fingerprint density at radius 1 is 1.43 bits per heavy atom. The summed E-state index contributed by atoms with van der Waals surface area (Å²) in [6.07, 6.45) is 1.56. The second-order valence-corrected chi connectivity index (χ2v) is 19.7. The van der Waals surface area contributed by atoms with Gasteiger partial charge in [0, 0.05) is 0 Å². The summed E-state index contributed by atoms with van der Waals surface area (Å²) in [4.78, 5) is 9.49. The van der Waals surface area contributed by atoms with Crippen LogP contribution in [0.3, 0.4) is 0 Å². The molecule has 0 unspecified atom stereocenters. The van der Waals surface area contributed by atoms with Gasteiger partial charge in [0.2, 0.25) is 0 Å². The fourth-order valence-corrected chi connectivity index (χ4v) is 1.45. The van der Waals surface area contributed by atoms with Gasteiger partial charge in [0.25, 0.3) is 0 Å². The van der Waals surface area contributed by atoms with Gasteiger partial charge >= 0.3 is 57.4 Å². The molecule has 5 heteroatoms. The summed E-state index contributed by atoms with van der Waals surface area (Å²) in [7, 11) is 15.9. The Labute approximate surface area is 57.0 Å². The Morgan fingerprint density at radius 2 is 1.86 bits per heavy atom. The van der Waals surface area contributed by atoms with Crippen LogP contribution in [0.4, 0.5) is 0 Å².